The summed E-state index contributed by atoms with van der Waals surface area (Å²) in [5, 5.41) is 3.34. The SMILES string of the molecule is CNC1(C)CCN(C(=O)C(C)(C)C)CC1. The average Bonchev–Trinajstić information content (AvgIpc) is 2.17. The minimum atomic E-state index is -0.243. The molecule has 0 aromatic carbocycles. The molecule has 1 fully saturated rings. The van der Waals surface area contributed by atoms with E-state index in [0.717, 1.165) is 25.9 Å². The van der Waals surface area contributed by atoms with Crippen molar-refractivity contribution in [2.75, 3.05) is 20.1 Å². The highest BCUT2D eigenvalue weighted by Crippen LogP contribution is 2.25. The number of rotatable bonds is 1. The van der Waals surface area contributed by atoms with Gasteiger partial charge in [0.1, 0.15) is 0 Å². The van der Waals surface area contributed by atoms with Crippen LogP contribution in [-0.4, -0.2) is 36.5 Å². The van der Waals surface area contributed by atoms with Gasteiger partial charge >= 0.3 is 0 Å². The van der Waals surface area contributed by atoms with Crippen molar-refractivity contribution in [1.82, 2.24) is 10.2 Å². The fraction of sp³-hybridized carbons (Fsp3) is 0.917. The zero-order valence-electron chi connectivity index (χ0n) is 10.7. The monoisotopic (exact) mass is 212 g/mol. The molecule has 1 heterocycles. The molecule has 0 aliphatic carbocycles. The van der Waals surface area contributed by atoms with E-state index in [9.17, 15) is 4.79 Å². The van der Waals surface area contributed by atoms with Gasteiger partial charge in [-0.15, -0.1) is 0 Å². The summed E-state index contributed by atoms with van der Waals surface area (Å²) in [4.78, 5) is 14.0. The predicted molar refractivity (Wildman–Crippen MR) is 62.7 cm³/mol. The smallest absolute Gasteiger partial charge is 0.227 e. The van der Waals surface area contributed by atoms with Crippen LogP contribution in [0.3, 0.4) is 0 Å². The van der Waals surface area contributed by atoms with Crippen LogP contribution in [0.15, 0.2) is 0 Å². The first-order chi connectivity index (χ1) is 6.78. The lowest BCUT2D eigenvalue weighted by Gasteiger charge is -2.41. The van der Waals surface area contributed by atoms with Crippen LogP contribution in [0.2, 0.25) is 0 Å². The first-order valence-electron chi connectivity index (χ1n) is 5.77. The van der Waals surface area contributed by atoms with Gasteiger partial charge in [-0.05, 0) is 26.8 Å². The zero-order chi connectivity index (χ0) is 11.7. The van der Waals surface area contributed by atoms with Gasteiger partial charge in [0.15, 0.2) is 0 Å². The summed E-state index contributed by atoms with van der Waals surface area (Å²) in [5.41, 5.74) is -0.0257. The van der Waals surface area contributed by atoms with E-state index in [4.69, 9.17) is 0 Å². The number of carbonyl (C=O) groups excluding carboxylic acids is 1. The fourth-order valence-corrected chi connectivity index (χ4v) is 1.93. The Hall–Kier alpha value is -0.570. The van der Waals surface area contributed by atoms with E-state index in [1.165, 1.54) is 0 Å². The Morgan fingerprint density at radius 1 is 1.27 bits per heavy atom. The van der Waals surface area contributed by atoms with Crippen molar-refractivity contribution in [3.63, 3.8) is 0 Å². The lowest BCUT2D eigenvalue weighted by Crippen LogP contribution is -2.53. The quantitative estimate of drug-likeness (QED) is 0.716. The van der Waals surface area contributed by atoms with Crippen molar-refractivity contribution in [2.24, 2.45) is 5.41 Å². The van der Waals surface area contributed by atoms with E-state index >= 15 is 0 Å². The maximum atomic E-state index is 12.0. The van der Waals surface area contributed by atoms with Crippen LogP contribution in [-0.2, 0) is 4.79 Å². The molecule has 1 N–H and O–H groups in total. The van der Waals surface area contributed by atoms with Crippen molar-refractivity contribution in [3.8, 4) is 0 Å². The number of hydrogen-bond acceptors (Lipinski definition) is 2. The van der Waals surface area contributed by atoms with Crippen LogP contribution in [0, 0.1) is 5.41 Å². The number of amides is 1. The Balaban J connectivity index is 2.55. The van der Waals surface area contributed by atoms with Crippen LogP contribution in [0.25, 0.3) is 0 Å². The second-order valence-electron chi connectivity index (χ2n) is 5.85. The molecule has 3 nitrogen and oxygen atoms in total. The van der Waals surface area contributed by atoms with Crippen molar-refractivity contribution in [3.05, 3.63) is 0 Å². The molecule has 3 heteroatoms. The van der Waals surface area contributed by atoms with E-state index in [-0.39, 0.29) is 16.9 Å². The van der Waals surface area contributed by atoms with Crippen molar-refractivity contribution < 1.29 is 4.79 Å². The van der Waals surface area contributed by atoms with E-state index in [1.807, 2.05) is 32.7 Å². The molecule has 0 unspecified atom stereocenters. The normalized spacial score (nSPS) is 21.5. The van der Waals surface area contributed by atoms with Crippen LogP contribution >= 0.6 is 0 Å². The minimum Gasteiger partial charge on any atom is -0.342 e. The molecule has 1 saturated heterocycles. The average molecular weight is 212 g/mol. The van der Waals surface area contributed by atoms with Gasteiger partial charge in [-0.1, -0.05) is 20.8 Å². The molecule has 88 valence electrons. The molecular weight excluding hydrogens is 188 g/mol. The first-order valence-corrected chi connectivity index (χ1v) is 5.77. The molecule has 1 rings (SSSR count). The lowest BCUT2D eigenvalue weighted by atomic mass is 9.87. The molecule has 0 bridgehead atoms. The zero-order valence-corrected chi connectivity index (χ0v) is 10.7. The Morgan fingerprint density at radius 2 is 1.73 bits per heavy atom. The summed E-state index contributed by atoms with van der Waals surface area (Å²) in [6, 6.07) is 0. The first kappa shape index (κ1) is 12.5. The highest BCUT2D eigenvalue weighted by atomic mass is 16.2. The molecule has 0 spiro atoms. The number of likely N-dealkylation sites (tertiary alicyclic amines) is 1. The molecule has 1 amide bonds. The van der Waals surface area contributed by atoms with E-state index < -0.39 is 0 Å². The second kappa shape index (κ2) is 4.12. The molecule has 1 aliphatic heterocycles. The fourth-order valence-electron chi connectivity index (χ4n) is 1.93. The minimum absolute atomic E-state index is 0.217. The van der Waals surface area contributed by atoms with Crippen LogP contribution in [0.1, 0.15) is 40.5 Å². The number of nitrogens with zero attached hydrogens (tertiary/aromatic N) is 1. The Kier molecular flexibility index (Phi) is 3.44. The third kappa shape index (κ3) is 2.94. The standard InChI is InChI=1S/C12H24N2O/c1-11(2,3)10(15)14-8-6-12(4,13-5)7-9-14/h13H,6-9H2,1-5H3. The highest BCUT2D eigenvalue weighted by Gasteiger charge is 2.34. The molecular formula is C12H24N2O. The number of nitrogens with one attached hydrogen (secondary N) is 1. The maximum Gasteiger partial charge on any atom is 0.227 e. The summed E-state index contributed by atoms with van der Waals surface area (Å²) in [7, 11) is 2.00. The molecule has 0 saturated carbocycles. The maximum absolute atomic E-state index is 12.0. The van der Waals surface area contributed by atoms with Gasteiger partial charge in [0.2, 0.25) is 5.91 Å². The van der Waals surface area contributed by atoms with E-state index in [0.29, 0.717) is 0 Å². The topological polar surface area (TPSA) is 32.3 Å². The van der Waals surface area contributed by atoms with Gasteiger partial charge in [-0.25, -0.2) is 0 Å². The van der Waals surface area contributed by atoms with Gasteiger partial charge in [0, 0.05) is 24.0 Å². The number of hydrogen-bond donors (Lipinski definition) is 1. The Morgan fingerprint density at radius 3 is 2.07 bits per heavy atom. The van der Waals surface area contributed by atoms with Gasteiger partial charge in [-0.2, -0.15) is 0 Å². The van der Waals surface area contributed by atoms with Crippen molar-refractivity contribution in [1.29, 1.82) is 0 Å². The predicted octanol–water partition coefficient (Wildman–Crippen LogP) is 1.63. The van der Waals surface area contributed by atoms with Gasteiger partial charge in [-0.3, -0.25) is 4.79 Å². The van der Waals surface area contributed by atoms with Crippen LogP contribution in [0.4, 0.5) is 0 Å². The second-order valence-corrected chi connectivity index (χ2v) is 5.85. The highest BCUT2D eigenvalue weighted by molar-refractivity contribution is 5.81. The summed E-state index contributed by atoms with van der Waals surface area (Å²) in [6.07, 6.45) is 2.09. The molecule has 0 radical (unpaired) electrons. The van der Waals surface area contributed by atoms with Crippen molar-refractivity contribution in [2.45, 2.75) is 46.1 Å². The van der Waals surface area contributed by atoms with Crippen molar-refractivity contribution >= 4 is 5.91 Å². The van der Waals surface area contributed by atoms with E-state index in [1.54, 1.807) is 0 Å². The Bertz CT molecular complexity index is 234. The summed E-state index contributed by atoms with van der Waals surface area (Å²) in [5.74, 6) is 0.278. The van der Waals surface area contributed by atoms with Gasteiger partial charge in [0.25, 0.3) is 0 Å². The van der Waals surface area contributed by atoms with Crippen LogP contribution in [0.5, 0.6) is 0 Å². The molecule has 0 atom stereocenters. The summed E-state index contributed by atoms with van der Waals surface area (Å²) >= 11 is 0. The molecule has 1 aliphatic rings. The summed E-state index contributed by atoms with van der Waals surface area (Å²) < 4.78 is 0. The van der Waals surface area contributed by atoms with Gasteiger partial charge < -0.3 is 10.2 Å². The Labute approximate surface area is 93.2 Å². The molecule has 0 aromatic heterocycles. The van der Waals surface area contributed by atoms with Gasteiger partial charge in [0.05, 0.1) is 0 Å². The molecule has 15 heavy (non-hydrogen) atoms. The van der Waals surface area contributed by atoms with Crippen LogP contribution < -0.4 is 5.32 Å². The third-order valence-electron chi connectivity index (χ3n) is 3.40. The molecule has 0 aromatic rings. The summed E-state index contributed by atoms with van der Waals surface area (Å²) in [6.45, 7) is 9.95. The number of carbonyl (C=O) groups is 1. The lowest BCUT2D eigenvalue weighted by molar-refractivity contribution is -0.141. The van der Waals surface area contributed by atoms with E-state index in [2.05, 4.69) is 12.2 Å². The largest absolute Gasteiger partial charge is 0.342 e. The number of piperidine rings is 1. The third-order valence-corrected chi connectivity index (χ3v) is 3.40.